The maximum absolute atomic E-state index is 4.50. The molecule has 1 heterocycles. The number of para-hydroxylation sites is 1. The van der Waals surface area contributed by atoms with E-state index >= 15 is 0 Å². The van der Waals surface area contributed by atoms with Crippen molar-refractivity contribution in [2.24, 2.45) is 0 Å². The minimum Gasteiger partial charge on any atom is -0.270 e. The summed E-state index contributed by atoms with van der Waals surface area (Å²) in [5, 5.41) is 9.86. The van der Waals surface area contributed by atoms with Crippen LogP contribution in [0.5, 0.6) is 0 Å². The van der Waals surface area contributed by atoms with Crippen molar-refractivity contribution in [3.63, 3.8) is 0 Å². The first-order valence-electron chi connectivity index (χ1n) is 9.23. The molecular weight excluding hydrogens is 362 g/mol. The molecule has 0 unspecified atom stereocenters. The number of benzene rings is 3. The molecule has 0 aliphatic heterocycles. The summed E-state index contributed by atoms with van der Waals surface area (Å²) < 4.78 is 2.13. The minimum absolute atomic E-state index is 0.827. The van der Waals surface area contributed by atoms with Gasteiger partial charge in [-0.1, -0.05) is 102 Å². The van der Waals surface area contributed by atoms with Crippen LogP contribution in [-0.2, 0) is 0 Å². The van der Waals surface area contributed by atoms with Crippen LogP contribution in [0.25, 0.3) is 23.2 Å². The number of aryl methyl sites for hydroxylation is 1. The maximum atomic E-state index is 4.50. The first kappa shape index (κ1) is 18.3. The van der Waals surface area contributed by atoms with Crippen molar-refractivity contribution in [3.8, 4) is 17.1 Å². The van der Waals surface area contributed by atoms with Crippen molar-refractivity contribution in [1.82, 2.24) is 14.8 Å². The maximum Gasteiger partial charge on any atom is 0.196 e. The van der Waals surface area contributed by atoms with Gasteiger partial charge in [-0.3, -0.25) is 4.57 Å². The molecule has 3 aromatic carbocycles. The number of nitrogens with zero attached hydrogens (tertiary/aromatic N) is 3. The topological polar surface area (TPSA) is 30.7 Å². The van der Waals surface area contributed by atoms with Crippen molar-refractivity contribution in [3.05, 3.63) is 102 Å². The Morgan fingerprint density at radius 1 is 0.821 bits per heavy atom. The molecule has 4 aromatic rings. The first-order chi connectivity index (χ1) is 13.8. The molecule has 0 N–H and O–H groups in total. The lowest BCUT2D eigenvalue weighted by molar-refractivity contribution is 0.888. The SMILES string of the molecule is Cc1ccc(-c2nnc(SCC=Cc3ccccc3)n2-c2ccccc2)cc1. The van der Waals surface area contributed by atoms with E-state index in [0.29, 0.717) is 0 Å². The Balaban J connectivity index is 1.62. The van der Waals surface area contributed by atoms with Crippen molar-refractivity contribution >= 4 is 17.8 Å². The third-order valence-corrected chi connectivity index (χ3v) is 5.26. The Morgan fingerprint density at radius 2 is 1.50 bits per heavy atom. The van der Waals surface area contributed by atoms with Crippen molar-refractivity contribution < 1.29 is 0 Å². The van der Waals surface area contributed by atoms with Crippen molar-refractivity contribution in [2.45, 2.75) is 12.1 Å². The third-order valence-electron chi connectivity index (χ3n) is 4.38. The van der Waals surface area contributed by atoms with Crippen LogP contribution in [0.1, 0.15) is 11.1 Å². The molecule has 0 aliphatic carbocycles. The molecule has 0 atom stereocenters. The van der Waals surface area contributed by atoms with Gasteiger partial charge in [0.1, 0.15) is 0 Å². The van der Waals surface area contributed by atoms with Gasteiger partial charge in [0.05, 0.1) is 0 Å². The Bertz CT molecular complexity index is 1050. The predicted octanol–water partition coefficient (Wildman–Crippen LogP) is 6.05. The van der Waals surface area contributed by atoms with Crippen LogP contribution in [0.4, 0.5) is 0 Å². The normalized spacial score (nSPS) is 11.2. The largest absolute Gasteiger partial charge is 0.270 e. The predicted molar refractivity (Wildman–Crippen MR) is 118 cm³/mol. The van der Waals surface area contributed by atoms with Gasteiger partial charge in [0.2, 0.25) is 0 Å². The van der Waals surface area contributed by atoms with E-state index in [-0.39, 0.29) is 0 Å². The lowest BCUT2D eigenvalue weighted by atomic mass is 10.1. The summed E-state index contributed by atoms with van der Waals surface area (Å²) in [6.07, 6.45) is 4.30. The van der Waals surface area contributed by atoms with Gasteiger partial charge in [0.15, 0.2) is 11.0 Å². The molecule has 0 amide bonds. The summed E-state index contributed by atoms with van der Waals surface area (Å²) in [5.74, 6) is 1.69. The second kappa shape index (κ2) is 8.72. The highest BCUT2D eigenvalue weighted by Crippen LogP contribution is 2.28. The molecule has 0 fully saturated rings. The summed E-state index contributed by atoms with van der Waals surface area (Å²) in [7, 11) is 0. The molecule has 28 heavy (non-hydrogen) atoms. The zero-order valence-corrected chi connectivity index (χ0v) is 16.5. The quantitative estimate of drug-likeness (QED) is 0.380. The lowest BCUT2D eigenvalue weighted by Gasteiger charge is -2.10. The molecule has 0 saturated heterocycles. The van der Waals surface area contributed by atoms with Crippen LogP contribution in [0.2, 0.25) is 0 Å². The fraction of sp³-hybridized carbons (Fsp3) is 0.0833. The number of aromatic nitrogens is 3. The van der Waals surface area contributed by atoms with Gasteiger partial charge >= 0.3 is 0 Å². The first-order valence-corrected chi connectivity index (χ1v) is 10.2. The Hall–Kier alpha value is -3.11. The molecule has 4 rings (SSSR count). The van der Waals surface area contributed by atoms with Gasteiger partial charge in [-0.15, -0.1) is 10.2 Å². The molecule has 138 valence electrons. The molecule has 0 aliphatic rings. The Kier molecular flexibility index (Phi) is 5.69. The van der Waals surface area contributed by atoms with Gasteiger partial charge in [-0.25, -0.2) is 0 Å². The highest BCUT2D eigenvalue weighted by Gasteiger charge is 2.15. The second-order valence-corrected chi connectivity index (χ2v) is 7.45. The van der Waals surface area contributed by atoms with Crippen molar-refractivity contribution in [1.29, 1.82) is 0 Å². The van der Waals surface area contributed by atoms with Gasteiger partial charge in [0.25, 0.3) is 0 Å². The summed E-state index contributed by atoms with van der Waals surface area (Å²) in [4.78, 5) is 0. The average molecular weight is 384 g/mol. The van der Waals surface area contributed by atoms with E-state index in [9.17, 15) is 0 Å². The second-order valence-electron chi connectivity index (χ2n) is 6.47. The van der Waals surface area contributed by atoms with E-state index in [1.165, 1.54) is 11.1 Å². The van der Waals surface area contributed by atoms with E-state index in [4.69, 9.17) is 0 Å². The van der Waals surface area contributed by atoms with E-state index < -0.39 is 0 Å². The highest BCUT2D eigenvalue weighted by atomic mass is 32.2. The summed E-state index contributed by atoms with van der Waals surface area (Å²) >= 11 is 1.68. The van der Waals surface area contributed by atoms with Gasteiger partial charge in [-0.2, -0.15) is 0 Å². The zero-order valence-electron chi connectivity index (χ0n) is 15.7. The van der Waals surface area contributed by atoms with E-state index in [0.717, 1.165) is 28.0 Å². The lowest BCUT2D eigenvalue weighted by Crippen LogP contribution is -1.99. The Morgan fingerprint density at radius 3 is 2.21 bits per heavy atom. The monoisotopic (exact) mass is 383 g/mol. The van der Waals surface area contributed by atoms with Crippen LogP contribution in [0.3, 0.4) is 0 Å². The van der Waals surface area contributed by atoms with Crippen molar-refractivity contribution in [2.75, 3.05) is 5.75 Å². The molecule has 0 radical (unpaired) electrons. The minimum atomic E-state index is 0.827. The van der Waals surface area contributed by atoms with Gasteiger partial charge in [0, 0.05) is 17.0 Å². The average Bonchev–Trinajstić information content (AvgIpc) is 3.17. The summed E-state index contributed by atoms with van der Waals surface area (Å²) in [5.41, 5.74) is 4.56. The van der Waals surface area contributed by atoms with Gasteiger partial charge < -0.3 is 0 Å². The third kappa shape index (κ3) is 4.24. The molecule has 4 heteroatoms. The standard InChI is InChI=1S/C24H21N3S/c1-19-14-16-21(17-15-19)23-25-26-24(27(23)22-12-6-3-7-13-22)28-18-8-11-20-9-4-2-5-10-20/h2-17H,18H2,1H3. The summed E-state index contributed by atoms with van der Waals surface area (Å²) in [6.45, 7) is 2.09. The summed E-state index contributed by atoms with van der Waals surface area (Å²) in [6, 6.07) is 29.0. The van der Waals surface area contributed by atoms with Crippen LogP contribution in [0, 0.1) is 6.92 Å². The number of hydrogen-bond donors (Lipinski definition) is 0. The van der Waals surface area contributed by atoms with Gasteiger partial charge in [-0.05, 0) is 24.6 Å². The molecule has 0 bridgehead atoms. The van der Waals surface area contributed by atoms with E-state index in [1.807, 2.05) is 36.4 Å². The zero-order chi connectivity index (χ0) is 19.2. The number of hydrogen-bond acceptors (Lipinski definition) is 3. The van der Waals surface area contributed by atoms with E-state index in [2.05, 4.69) is 82.4 Å². The van der Waals surface area contributed by atoms with E-state index in [1.54, 1.807) is 11.8 Å². The molecular formula is C24H21N3S. The smallest absolute Gasteiger partial charge is 0.196 e. The van der Waals surface area contributed by atoms with Crippen LogP contribution in [-0.4, -0.2) is 20.5 Å². The fourth-order valence-corrected chi connectivity index (χ4v) is 3.69. The van der Waals surface area contributed by atoms with Crippen LogP contribution in [0.15, 0.2) is 96.2 Å². The molecule has 0 spiro atoms. The Labute approximate surface area is 169 Å². The molecule has 3 nitrogen and oxygen atoms in total. The fourth-order valence-electron chi connectivity index (χ4n) is 2.93. The molecule has 0 saturated carbocycles. The van der Waals surface area contributed by atoms with Crippen LogP contribution < -0.4 is 0 Å². The van der Waals surface area contributed by atoms with Crippen LogP contribution >= 0.6 is 11.8 Å². The number of thioether (sulfide) groups is 1. The highest BCUT2D eigenvalue weighted by molar-refractivity contribution is 7.99. The number of rotatable bonds is 6. The molecule has 1 aromatic heterocycles.